The van der Waals surface area contributed by atoms with E-state index in [-0.39, 0.29) is 17.6 Å². The van der Waals surface area contributed by atoms with Gasteiger partial charge in [-0.25, -0.2) is 0 Å². The molecule has 0 aliphatic carbocycles. The van der Waals surface area contributed by atoms with Crippen molar-refractivity contribution < 1.29 is 14.7 Å². The van der Waals surface area contributed by atoms with Gasteiger partial charge in [-0.1, -0.05) is 19.9 Å². The third-order valence-electron chi connectivity index (χ3n) is 2.64. The molecule has 0 spiro atoms. The van der Waals surface area contributed by atoms with E-state index in [1.807, 2.05) is 39.0 Å². The van der Waals surface area contributed by atoms with Gasteiger partial charge in [0.05, 0.1) is 11.4 Å². The minimum Gasteiger partial charge on any atom is -0.480 e. The van der Waals surface area contributed by atoms with E-state index >= 15 is 0 Å². The molecule has 2 N–H and O–H groups in total. The van der Waals surface area contributed by atoms with Crippen LogP contribution in [0.2, 0.25) is 0 Å². The van der Waals surface area contributed by atoms with Crippen LogP contribution in [0.1, 0.15) is 19.4 Å². The van der Waals surface area contributed by atoms with Crippen LogP contribution in [0, 0.1) is 12.8 Å². The Morgan fingerprint density at radius 3 is 2.55 bits per heavy atom. The highest BCUT2D eigenvalue weighted by atomic mass is 79.9. The molecule has 0 radical (unpaired) electrons. The first-order valence-corrected chi connectivity index (χ1v) is 8.06. The Labute approximate surface area is 131 Å². The number of carboxylic acids is 1. The Hall–Kier alpha value is -1.01. The quantitative estimate of drug-likeness (QED) is 0.814. The van der Waals surface area contributed by atoms with Gasteiger partial charge in [0, 0.05) is 4.47 Å². The van der Waals surface area contributed by atoms with Gasteiger partial charge in [0.15, 0.2) is 0 Å². The van der Waals surface area contributed by atoms with Gasteiger partial charge < -0.3 is 10.4 Å². The van der Waals surface area contributed by atoms with E-state index in [0.717, 1.165) is 21.8 Å². The van der Waals surface area contributed by atoms with E-state index in [1.165, 1.54) is 0 Å². The number of anilines is 1. The number of benzene rings is 1. The molecule has 20 heavy (non-hydrogen) atoms. The first-order valence-electron chi connectivity index (χ1n) is 6.21. The van der Waals surface area contributed by atoms with Crippen molar-refractivity contribution >= 4 is 45.3 Å². The lowest BCUT2D eigenvalue weighted by Gasteiger charge is -2.15. The van der Waals surface area contributed by atoms with Gasteiger partial charge in [0.25, 0.3) is 0 Å². The Morgan fingerprint density at radius 1 is 1.40 bits per heavy atom. The SMILES string of the molecule is Cc1ccc(NC(=O)CSC(C(=O)O)C(C)C)c(Br)c1. The maximum atomic E-state index is 11.9. The van der Waals surface area contributed by atoms with Crippen molar-refractivity contribution in [3.8, 4) is 0 Å². The molecule has 0 saturated heterocycles. The number of aliphatic carboxylic acids is 1. The number of carboxylic acid groups (broad SMARTS) is 1. The lowest BCUT2D eigenvalue weighted by Crippen LogP contribution is -2.25. The van der Waals surface area contributed by atoms with Crippen LogP contribution in [0.4, 0.5) is 5.69 Å². The minimum absolute atomic E-state index is 0.0172. The largest absolute Gasteiger partial charge is 0.480 e. The summed E-state index contributed by atoms with van der Waals surface area (Å²) in [6.07, 6.45) is 0. The van der Waals surface area contributed by atoms with Gasteiger partial charge in [0.2, 0.25) is 5.91 Å². The summed E-state index contributed by atoms with van der Waals surface area (Å²) in [5.41, 5.74) is 1.78. The predicted molar refractivity (Wildman–Crippen MR) is 86.2 cm³/mol. The summed E-state index contributed by atoms with van der Waals surface area (Å²) in [4.78, 5) is 22.9. The van der Waals surface area contributed by atoms with E-state index in [2.05, 4.69) is 21.2 Å². The number of rotatable bonds is 6. The van der Waals surface area contributed by atoms with E-state index in [0.29, 0.717) is 5.69 Å². The molecule has 6 heteroatoms. The third-order valence-corrected chi connectivity index (χ3v) is 4.83. The number of carbonyl (C=O) groups excluding carboxylic acids is 1. The van der Waals surface area contributed by atoms with Crippen molar-refractivity contribution in [2.24, 2.45) is 5.92 Å². The lowest BCUT2D eigenvalue weighted by molar-refractivity contribution is -0.137. The van der Waals surface area contributed by atoms with E-state index < -0.39 is 11.2 Å². The fourth-order valence-corrected chi connectivity index (χ4v) is 3.15. The van der Waals surface area contributed by atoms with Crippen molar-refractivity contribution in [2.45, 2.75) is 26.0 Å². The predicted octanol–water partition coefficient (Wildman–Crippen LogP) is 3.54. The van der Waals surface area contributed by atoms with Crippen LogP contribution >= 0.6 is 27.7 Å². The zero-order chi connectivity index (χ0) is 15.3. The van der Waals surface area contributed by atoms with Crippen LogP contribution in [-0.2, 0) is 9.59 Å². The van der Waals surface area contributed by atoms with Crippen LogP contribution in [0.3, 0.4) is 0 Å². The highest BCUT2D eigenvalue weighted by Gasteiger charge is 2.23. The fraction of sp³-hybridized carbons (Fsp3) is 0.429. The first kappa shape index (κ1) is 17.0. The monoisotopic (exact) mass is 359 g/mol. The third kappa shape index (κ3) is 5.17. The number of nitrogens with one attached hydrogen (secondary N) is 1. The van der Waals surface area contributed by atoms with E-state index in [4.69, 9.17) is 5.11 Å². The number of hydrogen-bond donors (Lipinski definition) is 2. The number of aryl methyl sites for hydroxylation is 1. The minimum atomic E-state index is -0.880. The number of hydrogen-bond acceptors (Lipinski definition) is 3. The van der Waals surface area contributed by atoms with Gasteiger partial charge >= 0.3 is 5.97 Å². The molecule has 0 aliphatic rings. The van der Waals surface area contributed by atoms with Gasteiger partial charge in [-0.05, 0) is 46.5 Å². The summed E-state index contributed by atoms with van der Waals surface area (Å²) in [5, 5.41) is 11.3. The maximum absolute atomic E-state index is 11.9. The van der Waals surface area contributed by atoms with Gasteiger partial charge in [-0.2, -0.15) is 0 Å². The van der Waals surface area contributed by atoms with Crippen molar-refractivity contribution in [1.82, 2.24) is 0 Å². The average molecular weight is 360 g/mol. The van der Waals surface area contributed by atoms with Crippen molar-refractivity contribution in [3.63, 3.8) is 0 Å². The average Bonchev–Trinajstić information content (AvgIpc) is 2.32. The van der Waals surface area contributed by atoms with Crippen LogP contribution in [0.15, 0.2) is 22.7 Å². The molecule has 0 aromatic heterocycles. The summed E-state index contributed by atoms with van der Waals surface area (Å²) in [6.45, 7) is 5.63. The molecule has 0 heterocycles. The molecule has 1 atom stereocenters. The molecule has 1 unspecified atom stereocenters. The molecule has 4 nitrogen and oxygen atoms in total. The second-order valence-corrected chi connectivity index (χ2v) is 6.83. The molecule has 110 valence electrons. The van der Waals surface area contributed by atoms with Gasteiger partial charge in [-0.15, -0.1) is 11.8 Å². The summed E-state index contributed by atoms with van der Waals surface area (Å²) in [5.74, 6) is -0.979. The molecule has 0 fully saturated rings. The van der Waals surface area contributed by atoms with Crippen LogP contribution in [0.5, 0.6) is 0 Å². The smallest absolute Gasteiger partial charge is 0.316 e. The molecule has 1 amide bonds. The fourth-order valence-electron chi connectivity index (χ4n) is 1.62. The Kier molecular flexibility index (Phi) is 6.55. The highest BCUT2D eigenvalue weighted by Crippen LogP contribution is 2.24. The van der Waals surface area contributed by atoms with Gasteiger partial charge in [-0.3, -0.25) is 9.59 Å². The van der Waals surface area contributed by atoms with E-state index in [9.17, 15) is 9.59 Å². The summed E-state index contributed by atoms with van der Waals surface area (Å²) >= 11 is 4.53. The van der Waals surface area contributed by atoms with Crippen LogP contribution in [0.25, 0.3) is 0 Å². The number of thioether (sulfide) groups is 1. The lowest BCUT2D eigenvalue weighted by atomic mass is 10.1. The van der Waals surface area contributed by atoms with Crippen molar-refractivity contribution in [3.05, 3.63) is 28.2 Å². The first-order chi connectivity index (χ1) is 9.31. The van der Waals surface area contributed by atoms with Crippen molar-refractivity contribution in [1.29, 1.82) is 0 Å². The number of amides is 1. The Morgan fingerprint density at radius 2 is 2.05 bits per heavy atom. The Balaban J connectivity index is 2.57. The molecule has 0 saturated carbocycles. The van der Waals surface area contributed by atoms with Crippen LogP contribution in [-0.4, -0.2) is 28.0 Å². The highest BCUT2D eigenvalue weighted by molar-refractivity contribution is 9.10. The van der Waals surface area contributed by atoms with E-state index in [1.54, 1.807) is 0 Å². The molecule has 0 bridgehead atoms. The van der Waals surface area contributed by atoms with Gasteiger partial charge in [0.1, 0.15) is 5.25 Å². The number of halogens is 1. The zero-order valence-corrected chi connectivity index (χ0v) is 14.0. The molecule has 0 aliphatic heterocycles. The summed E-state index contributed by atoms with van der Waals surface area (Å²) in [7, 11) is 0. The molecule has 1 rings (SSSR count). The standard InChI is InChI=1S/C14H18BrNO3S/c1-8(2)13(14(18)19)20-7-12(17)16-11-5-4-9(3)6-10(11)15/h4-6,8,13H,7H2,1-3H3,(H,16,17)(H,18,19). The second kappa shape index (κ2) is 7.69. The molecule has 1 aromatic carbocycles. The molecular formula is C14H18BrNO3S. The molecule has 1 aromatic rings. The number of carbonyl (C=O) groups is 2. The summed E-state index contributed by atoms with van der Waals surface area (Å²) < 4.78 is 0.814. The maximum Gasteiger partial charge on any atom is 0.316 e. The molecular weight excluding hydrogens is 342 g/mol. The van der Waals surface area contributed by atoms with Crippen LogP contribution < -0.4 is 5.32 Å². The zero-order valence-electron chi connectivity index (χ0n) is 11.6. The second-order valence-electron chi connectivity index (χ2n) is 4.85. The summed E-state index contributed by atoms with van der Waals surface area (Å²) in [6, 6.07) is 5.64. The normalized spacial score (nSPS) is 12.2. The van der Waals surface area contributed by atoms with Crippen molar-refractivity contribution in [2.75, 3.05) is 11.1 Å². The Bertz CT molecular complexity index is 505. The topological polar surface area (TPSA) is 66.4 Å².